The van der Waals surface area contributed by atoms with Crippen molar-refractivity contribution in [2.75, 3.05) is 5.32 Å². The maximum absolute atomic E-state index is 12.3. The van der Waals surface area contributed by atoms with Crippen LogP contribution in [0.15, 0.2) is 24.3 Å². The Labute approximate surface area is 132 Å². The van der Waals surface area contributed by atoms with E-state index in [2.05, 4.69) is 24.5 Å². The van der Waals surface area contributed by atoms with Crippen molar-refractivity contribution in [3.05, 3.63) is 29.3 Å². The van der Waals surface area contributed by atoms with Crippen LogP contribution < -0.4 is 10.6 Å². The Morgan fingerprint density at radius 2 is 1.90 bits per heavy atom. The monoisotopic (exact) mass is 308 g/mol. The Hall–Kier alpha value is -1.06. The van der Waals surface area contributed by atoms with Gasteiger partial charge in [-0.25, -0.2) is 0 Å². The van der Waals surface area contributed by atoms with E-state index < -0.39 is 0 Å². The third kappa shape index (κ3) is 4.45. The van der Waals surface area contributed by atoms with Crippen molar-refractivity contribution in [2.24, 2.45) is 11.8 Å². The lowest BCUT2D eigenvalue weighted by molar-refractivity contribution is -0.118. The average molecular weight is 309 g/mol. The van der Waals surface area contributed by atoms with Gasteiger partial charge in [0.1, 0.15) is 0 Å². The third-order valence-corrected chi connectivity index (χ3v) is 4.93. The summed E-state index contributed by atoms with van der Waals surface area (Å²) < 4.78 is 0. The zero-order chi connectivity index (χ0) is 15.4. The number of benzene rings is 1. The van der Waals surface area contributed by atoms with Gasteiger partial charge in [-0.15, -0.1) is 0 Å². The molecule has 4 atom stereocenters. The number of amides is 1. The fourth-order valence-corrected chi connectivity index (χ4v) is 3.12. The van der Waals surface area contributed by atoms with Gasteiger partial charge in [-0.3, -0.25) is 4.79 Å². The van der Waals surface area contributed by atoms with E-state index in [9.17, 15) is 4.79 Å². The van der Waals surface area contributed by atoms with Crippen LogP contribution in [0, 0.1) is 11.8 Å². The van der Waals surface area contributed by atoms with Crippen molar-refractivity contribution >= 4 is 23.2 Å². The molecular weight excluding hydrogens is 284 g/mol. The number of hydrogen-bond acceptors (Lipinski definition) is 2. The maximum atomic E-state index is 12.3. The quantitative estimate of drug-likeness (QED) is 0.880. The molecule has 21 heavy (non-hydrogen) atoms. The summed E-state index contributed by atoms with van der Waals surface area (Å²) in [6.45, 7) is 6.51. The van der Waals surface area contributed by atoms with Crippen molar-refractivity contribution in [3.63, 3.8) is 0 Å². The van der Waals surface area contributed by atoms with E-state index in [1.807, 2.05) is 19.1 Å². The highest BCUT2D eigenvalue weighted by atomic mass is 35.5. The predicted octanol–water partition coefficient (Wildman–Crippen LogP) is 4.08. The van der Waals surface area contributed by atoms with Crippen LogP contribution >= 0.6 is 11.6 Å². The van der Waals surface area contributed by atoms with Crippen molar-refractivity contribution in [2.45, 2.75) is 52.1 Å². The van der Waals surface area contributed by atoms with Crippen LogP contribution in [0.3, 0.4) is 0 Å². The minimum absolute atomic E-state index is 0.00255. The first-order valence-electron chi connectivity index (χ1n) is 7.80. The molecule has 4 heteroatoms. The first kappa shape index (κ1) is 16.3. The standard InChI is InChI=1S/C17H25ClN2O/c1-11-5-4-6-16(12(11)2)19-13(3)17(21)20-15-9-7-14(18)8-10-15/h7-13,16,19H,4-6H2,1-3H3,(H,20,21). The van der Waals surface area contributed by atoms with E-state index in [1.54, 1.807) is 12.1 Å². The van der Waals surface area contributed by atoms with Crippen molar-refractivity contribution < 1.29 is 4.79 Å². The van der Waals surface area contributed by atoms with Gasteiger partial charge < -0.3 is 10.6 Å². The highest BCUT2D eigenvalue weighted by Gasteiger charge is 2.29. The SMILES string of the molecule is CC(NC1CCCC(C)C1C)C(=O)Nc1ccc(Cl)cc1. The van der Waals surface area contributed by atoms with E-state index in [1.165, 1.54) is 12.8 Å². The van der Waals surface area contributed by atoms with Gasteiger partial charge in [-0.05, 0) is 49.4 Å². The van der Waals surface area contributed by atoms with E-state index in [4.69, 9.17) is 11.6 Å². The number of carbonyl (C=O) groups excluding carboxylic acids is 1. The molecule has 0 radical (unpaired) electrons. The zero-order valence-corrected chi connectivity index (χ0v) is 13.8. The van der Waals surface area contributed by atoms with Crippen molar-refractivity contribution in [3.8, 4) is 0 Å². The highest BCUT2D eigenvalue weighted by Crippen LogP contribution is 2.29. The summed E-state index contributed by atoms with van der Waals surface area (Å²) in [7, 11) is 0. The van der Waals surface area contributed by atoms with Crippen LogP contribution in [0.2, 0.25) is 5.02 Å². The molecule has 3 nitrogen and oxygen atoms in total. The summed E-state index contributed by atoms with van der Waals surface area (Å²) in [4.78, 5) is 12.3. The molecule has 1 aliphatic carbocycles. The highest BCUT2D eigenvalue weighted by molar-refractivity contribution is 6.30. The number of anilines is 1. The maximum Gasteiger partial charge on any atom is 0.241 e. The fraction of sp³-hybridized carbons (Fsp3) is 0.588. The van der Waals surface area contributed by atoms with Gasteiger partial charge in [0.2, 0.25) is 5.91 Å². The molecule has 0 saturated heterocycles. The van der Waals surface area contributed by atoms with Crippen LogP contribution in [0.1, 0.15) is 40.0 Å². The van der Waals surface area contributed by atoms with E-state index in [0.717, 1.165) is 18.0 Å². The summed E-state index contributed by atoms with van der Waals surface area (Å²) in [6.07, 6.45) is 3.70. The molecule has 0 bridgehead atoms. The number of hydrogen-bond donors (Lipinski definition) is 2. The van der Waals surface area contributed by atoms with Crippen LogP contribution in [0.25, 0.3) is 0 Å². The summed E-state index contributed by atoms with van der Waals surface area (Å²) in [5, 5.41) is 7.09. The molecule has 0 aromatic heterocycles. The lowest BCUT2D eigenvalue weighted by atomic mass is 9.78. The Balaban J connectivity index is 1.88. The first-order chi connectivity index (χ1) is 9.97. The summed E-state index contributed by atoms with van der Waals surface area (Å²) in [6, 6.07) is 7.43. The second kappa shape index (κ2) is 7.28. The molecule has 1 aromatic carbocycles. The Kier molecular flexibility index (Phi) is 5.65. The van der Waals surface area contributed by atoms with Gasteiger partial charge >= 0.3 is 0 Å². The lowest BCUT2D eigenvalue weighted by Crippen LogP contribution is -2.49. The third-order valence-electron chi connectivity index (χ3n) is 4.68. The van der Waals surface area contributed by atoms with E-state index in [0.29, 0.717) is 17.0 Å². The van der Waals surface area contributed by atoms with Crippen LogP contribution in [-0.4, -0.2) is 18.0 Å². The first-order valence-corrected chi connectivity index (χ1v) is 8.17. The van der Waals surface area contributed by atoms with Crippen molar-refractivity contribution in [1.82, 2.24) is 5.32 Å². The molecule has 1 aromatic rings. The predicted molar refractivity (Wildman–Crippen MR) is 88.6 cm³/mol. The topological polar surface area (TPSA) is 41.1 Å². The van der Waals surface area contributed by atoms with Crippen LogP contribution in [-0.2, 0) is 4.79 Å². The molecular formula is C17H25ClN2O. The van der Waals surface area contributed by atoms with Gasteiger partial charge in [0, 0.05) is 16.8 Å². The largest absolute Gasteiger partial charge is 0.325 e. The molecule has 0 heterocycles. The van der Waals surface area contributed by atoms with Crippen LogP contribution in [0.4, 0.5) is 5.69 Å². The molecule has 2 N–H and O–H groups in total. The van der Waals surface area contributed by atoms with Gasteiger partial charge in [0.15, 0.2) is 0 Å². The second-order valence-corrected chi connectivity index (χ2v) is 6.69. The molecule has 1 fully saturated rings. The number of rotatable bonds is 4. The number of nitrogens with one attached hydrogen (secondary N) is 2. The minimum atomic E-state index is -0.196. The summed E-state index contributed by atoms with van der Waals surface area (Å²) >= 11 is 5.84. The number of carbonyl (C=O) groups is 1. The summed E-state index contributed by atoms with van der Waals surface area (Å²) in [5.41, 5.74) is 0.781. The zero-order valence-electron chi connectivity index (χ0n) is 13.0. The summed E-state index contributed by atoms with van der Waals surface area (Å²) in [5.74, 6) is 1.34. The molecule has 1 amide bonds. The fourth-order valence-electron chi connectivity index (χ4n) is 3.00. The van der Waals surface area contributed by atoms with Gasteiger partial charge in [-0.2, -0.15) is 0 Å². The normalized spacial score (nSPS) is 27.1. The molecule has 1 saturated carbocycles. The second-order valence-electron chi connectivity index (χ2n) is 6.26. The van der Waals surface area contributed by atoms with E-state index >= 15 is 0 Å². The Morgan fingerprint density at radius 3 is 2.57 bits per heavy atom. The molecule has 4 unspecified atom stereocenters. The van der Waals surface area contributed by atoms with Crippen LogP contribution in [0.5, 0.6) is 0 Å². The van der Waals surface area contributed by atoms with E-state index in [-0.39, 0.29) is 11.9 Å². The van der Waals surface area contributed by atoms with Gasteiger partial charge in [-0.1, -0.05) is 38.3 Å². The Bertz CT molecular complexity index is 474. The lowest BCUT2D eigenvalue weighted by Gasteiger charge is -2.36. The molecule has 2 rings (SSSR count). The van der Waals surface area contributed by atoms with Gasteiger partial charge in [0.05, 0.1) is 6.04 Å². The van der Waals surface area contributed by atoms with Crippen molar-refractivity contribution in [1.29, 1.82) is 0 Å². The molecule has 0 spiro atoms. The smallest absolute Gasteiger partial charge is 0.241 e. The van der Waals surface area contributed by atoms with Gasteiger partial charge in [0.25, 0.3) is 0 Å². The minimum Gasteiger partial charge on any atom is -0.325 e. The molecule has 116 valence electrons. The average Bonchev–Trinajstić information content (AvgIpc) is 2.46. The molecule has 1 aliphatic rings. The Morgan fingerprint density at radius 1 is 1.24 bits per heavy atom. The molecule has 0 aliphatic heterocycles. The number of halogens is 1.